The maximum Gasteiger partial charge on any atom is 0.324 e. The number of aliphatic carboxylic acids is 1. The minimum atomic E-state index is -1.10. The number of nitrogens with two attached hydrogens (primary N) is 1. The second kappa shape index (κ2) is 7.81. The maximum atomic E-state index is 13.2. The third kappa shape index (κ3) is 6.94. The van der Waals surface area contributed by atoms with Crippen LogP contribution >= 0.6 is 0 Å². The number of carboxylic acids is 1. The van der Waals surface area contributed by atoms with Crippen molar-refractivity contribution >= 4 is 11.8 Å². The maximum absolute atomic E-state index is 13.2. The van der Waals surface area contributed by atoms with Gasteiger partial charge in [-0.2, -0.15) is 0 Å². The van der Waals surface area contributed by atoms with Gasteiger partial charge < -0.3 is 16.2 Å². The molecule has 5 nitrogen and oxygen atoms in total. The number of amidine groups is 1. The first-order chi connectivity index (χ1) is 7.47. The van der Waals surface area contributed by atoms with E-state index in [4.69, 9.17) is 10.8 Å². The molecule has 0 unspecified atom stereocenters. The number of allylic oxidation sites excluding steroid dienone is 1. The van der Waals surface area contributed by atoms with E-state index < -0.39 is 17.8 Å². The zero-order chi connectivity index (χ0) is 12.6. The Balaban J connectivity index is 4.04. The smallest absolute Gasteiger partial charge is 0.324 e. The van der Waals surface area contributed by atoms with E-state index in [0.29, 0.717) is 18.8 Å². The predicted molar refractivity (Wildman–Crippen MR) is 61.1 cm³/mol. The fourth-order valence-electron chi connectivity index (χ4n) is 1.05. The second-order valence-corrected chi connectivity index (χ2v) is 3.34. The number of likely N-dealkylation sites (N-methyl/N-ethyl adjacent to an activating group) is 1. The topological polar surface area (TPSA) is 87.7 Å². The summed E-state index contributed by atoms with van der Waals surface area (Å²) in [6.07, 6.45) is 1.73. The molecule has 92 valence electrons. The number of aliphatic imine (C=N–C) groups is 1. The fraction of sp³-hybridized carbons (Fsp3) is 0.600. The van der Waals surface area contributed by atoms with Gasteiger partial charge in [-0.25, -0.2) is 4.39 Å². The zero-order valence-corrected chi connectivity index (χ0v) is 9.53. The fourth-order valence-corrected chi connectivity index (χ4v) is 1.05. The molecule has 0 spiro atoms. The van der Waals surface area contributed by atoms with Crippen molar-refractivity contribution in [3.8, 4) is 0 Å². The number of nitrogens with one attached hydrogen (secondary N) is 1. The van der Waals surface area contributed by atoms with E-state index in [2.05, 4.69) is 10.3 Å². The lowest BCUT2D eigenvalue weighted by atomic mass is 10.2. The molecule has 4 N–H and O–H groups in total. The standard InChI is InChI=1S/C10H18FN3O2/c1-7(12)14-5-3-4-8(11)6-9(13-2)10(15)16/h6,9,13H,3-5H2,1-2H3,(H2,12,14)(H,15,16)/t9-/m0/s1. The molecular formula is C10H18FN3O2. The summed E-state index contributed by atoms with van der Waals surface area (Å²) in [5.41, 5.74) is 5.31. The molecule has 0 aliphatic heterocycles. The van der Waals surface area contributed by atoms with Crippen molar-refractivity contribution in [3.63, 3.8) is 0 Å². The molecule has 0 aliphatic rings. The SMILES string of the molecule is CN[C@@H](C=C(F)CCCN=C(C)N)C(=O)O. The van der Waals surface area contributed by atoms with Crippen molar-refractivity contribution in [1.82, 2.24) is 5.32 Å². The molecule has 0 aliphatic carbocycles. The summed E-state index contributed by atoms with van der Waals surface area (Å²) in [6.45, 7) is 2.11. The van der Waals surface area contributed by atoms with Crippen LogP contribution in [0.5, 0.6) is 0 Å². The molecule has 0 fully saturated rings. The zero-order valence-electron chi connectivity index (χ0n) is 9.53. The van der Waals surface area contributed by atoms with Gasteiger partial charge in [0.1, 0.15) is 6.04 Å². The highest BCUT2D eigenvalue weighted by molar-refractivity contribution is 5.77. The second-order valence-electron chi connectivity index (χ2n) is 3.34. The number of nitrogens with zero attached hydrogens (tertiary/aromatic N) is 1. The van der Waals surface area contributed by atoms with Gasteiger partial charge in [-0.15, -0.1) is 0 Å². The molecule has 0 aromatic carbocycles. The number of halogens is 1. The van der Waals surface area contributed by atoms with E-state index in [-0.39, 0.29) is 6.42 Å². The number of hydrogen-bond acceptors (Lipinski definition) is 3. The summed E-state index contributed by atoms with van der Waals surface area (Å²) in [5.74, 6) is -1.09. The Kier molecular flexibility index (Phi) is 7.11. The first kappa shape index (κ1) is 14.6. The minimum absolute atomic E-state index is 0.169. The van der Waals surface area contributed by atoms with Gasteiger partial charge in [0.25, 0.3) is 0 Å². The Morgan fingerprint density at radius 3 is 2.75 bits per heavy atom. The molecule has 0 radical (unpaired) electrons. The highest BCUT2D eigenvalue weighted by Gasteiger charge is 2.12. The van der Waals surface area contributed by atoms with Crippen LogP contribution in [-0.4, -0.2) is 36.5 Å². The van der Waals surface area contributed by atoms with Gasteiger partial charge in [0, 0.05) is 13.0 Å². The van der Waals surface area contributed by atoms with Crippen LogP contribution in [0.2, 0.25) is 0 Å². The average molecular weight is 231 g/mol. The molecule has 0 bridgehead atoms. The van der Waals surface area contributed by atoms with Gasteiger partial charge in [-0.3, -0.25) is 9.79 Å². The monoisotopic (exact) mass is 231 g/mol. The minimum Gasteiger partial charge on any atom is -0.480 e. The number of carbonyl (C=O) groups is 1. The van der Waals surface area contributed by atoms with Crippen molar-refractivity contribution < 1.29 is 14.3 Å². The van der Waals surface area contributed by atoms with Gasteiger partial charge >= 0.3 is 5.97 Å². The van der Waals surface area contributed by atoms with Gasteiger partial charge in [0.15, 0.2) is 0 Å². The lowest BCUT2D eigenvalue weighted by Gasteiger charge is -2.05. The summed E-state index contributed by atoms with van der Waals surface area (Å²) < 4.78 is 13.2. The Labute approximate surface area is 94.2 Å². The van der Waals surface area contributed by atoms with E-state index in [9.17, 15) is 9.18 Å². The van der Waals surface area contributed by atoms with Crippen LogP contribution in [0.4, 0.5) is 4.39 Å². The van der Waals surface area contributed by atoms with Crippen LogP contribution in [0.15, 0.2) is 16.9 Å². The molecule has 0 amide bonds. The Morgan fingerprint density at radius 1 is 1.69 bits per heavy atom. The highest BCUT2D eigenvalue weighted by Crippen LogP contribution is 2.08. The Morgan fingerprint density at radius 2 is 2.31 bits per heavy atom. The highest BCUT2D eigenvalue weighted by atomic mass is 19.1. The van der Waals surface area contributed by atoms with Crippen molar-refractivity contribution in [3.05, 3.63) is 11.9 Å². The lowest BCUT2D eigenvalue weighted by molar-refractivity contribution is -0.138. The molecule has 0 saturated carbocycles. The van der Waals surface area contributed by atoms with Crippen LogP contribution in [0.3, 0.4) is 0 Å². The molecule has 16 heavy (non-hydrogen) atoms. The van der Waals surface area contributed by atoms with E-state index in [1.807, 2.05) is 0 Å². The molecule has 1 atom stereocenters. The van der Waals surface area contributed by atoms with Gasteiger partial charge in [-0.1, -0.05) is 0 Å². The lowest BCUT2D eigenvalue weighted by Crippen LogP contribution is -2.31. The molecule has 0 saturated heterocycles. The summed E-state index contributed by atoms with van der Waals surface area (Å²) >= 11 is 0. The van der Waals surface area contributed by atoms with E-state index in [1.54, 1.807) is 6.92 Å². The Bertz CT molecular complexity index is 286. The van der Waals surface area contributed by atoms with Crippen LogP contribution < -0.4 is 11.1 Å². The van der Waals surface area contributed by atoms with E-state index in [0.717, 1.165) is 6.08 Å². The summed E-state index contributed by atoms with van der Waals surface area (Å²) in [5, 5.41) is 11.1. The third-order valence-corrected chi connectivity index (χ3v) is 1.86. The van der Waals surface area contributed by atoms with E-state index in [1.165, 1.54) is 7.05 Å². The van der Waals surface area contributed by atoms with Gasteiger partial charge in [0.05, 0.1) is 11.7 Å². The Hall–Kier alpha value is -1.43. The molecule has 0 rings (SSSR count). The van der Waals surface area contributed by atoms with Gasteiger partial charge in [-0.05, 0) is 26.5 Å². The quantitative estimate of drug-likeness (QED) is 0.341. The normalized spacial score (nSPS) is 14.9. The summed E-state index contributed by atoms with van der Waals surface area (Å²) in [4.78, 5) is 14.5. The van der Waals surface area contributed by atoms with Crippen molar-refractivity contribution in [1.29, 1.82) is 0 Å². The molecule has 6 heteroatoms. The predicted octanol–water partition coefficient (Wildman–Crippen LogP) is 0.670. The van der Waals surface area contributed by atoms with Gasteiger partial charge in [0.2, 0.25) is 0 Å². The van der Waals surface area contributed by atoms with E-state index >= 15 is 0 Å². The largest absolute Gasteiger partial charge is 0.480 e. The first-order valence-corrected chi connectivity index (χ1v) is 5.00. The molecule has 0 aromatic rings. The summed E-state index contributed by atoms with van der Waals surface area (Å²) in [6, 6.07) is -0.986. The third-order valence-electron chi connectivity index (χ3n) is 1.86. The van der Waals surface area contributed by atoms with Crippen LogP contribution in [-0.2, 0) is 4.79 Å². The molecule has 0 aromatic heterocycles. The van der Waals surface area contributed by atoms with Crippen molar-refractivity contribution in [2.45, 2.75) is 25.8 Å². The number of carboxylic acid groups (broad SMARTS) is 1. The van der Waals surface area contributed by atoms with Crippen LogP contribution in [0.25, 0.3) is 0 Å². The molecular weight excluding hydrogens is 213 g/mol. The van der Waals surface area contributed by atoms with Crippen molar-refractivity contribution in [2.24, 2.45) is 10.7 Å². The molecule has 0 heterocycles. The number of rotatable bonds is 7. The number of hydrogen-bond donors (Lipinski definition) is 3. The van der Waals surface area contributed by atoms with Crippen molar-refractivity contribution in [2.75, 3.05) is 13.6 Å². The first-order valence-electron chi connectivity index (χ1n) is 5.00. The van der Waals surface area contributed by atoms with Crippen LogP contribution in [0, 0.1) is 0 Å². The van der Waals surface area contributed by atoms with Crippen LogP contribution in [0.1, 0.15) is 19.8 Å². The average Bonchev–Trinajstić information content (AvgIpc) is 2.20. The summed E-state index contributed by atoms with van der Waals surface area (Å²) in [7, 11) is 1.46.